The summed E-state index contributed by atoms with van der Waals surface area (Å²) in [5, 5.41) is 0. The van der Waals surface area contributed by atoms with E-state index in [-0.39, 0.29) is 11.9 Å². The summed E-state index contributed by atoms with van der Waals surface area (Å²) in [6.45, 7) is 10.3. The summed E-state index contributed by atoms with van der Waals surface area (Å²) in [5.41, 5.74) is 1.79. The molecule has 0 saturated heterocycles. The predicted molar refractivity (Wildman–Crippen MR) is 67.5 cm³/mol. The van der Waals surface area contributed by atoms with Gasteiger partial charge in [0.15, 0.2) is 0 Å². The Kier molecular flexibility index (Phi) is 4.29. The van der Waals surface area contributed by atoms with Crippen LogP contribution in [0.15, 0.2) is 36.9 Å². The normalized spacial score (nSPS) is 11.9. The monoisotopic (exact) mass is 217 g/mol. The van der Waals surface area contributed by atoms with Crippen LogP contribution in [0.25, 0.3) is 0 Å². The van der Waals surface area contributed by atoms with Gasteiger partial charge in [-0.3, -0.25) is 4.79 Å². The molecule has 86 valence electrons. The summed E-state index contributed by atoms with van der Waals surface area (Å²) in [6.07, 6.45) is 1.79. The molecule has 16 heavy (non-hydrogen) atoms. The second-order valence-electron chi connectivity index (χ2n) is 3.88. The predicted octanol–water partition coefficient (Wildman–Crippen LogP) is 3.03. The van der Waals surface area contributed by atoms with Crippen LogP contribution in [0.2, 0.25) is 0 Å². The van der Waals surface area contributed by atoms with Gasteiger partial charge in [0.25, 0.3) is 5.91 Å². The van der Waals surface area contributed by atoms with Crippen LogP contribution in [0.5, 0.6) is 0 Å². The topological polar surface area (TPSA) is 20.3 Å². The van der Waals surface area contributed by atoms with E-state index in [0.29, 0.717) is 6.54 Å². The summed E-state index contributed by atoms with van der Waals surface area (Å²) < 4.78 is 0. The maximum Gasteiger partial charge on any atom is 0.254 e. The Hall–Kier alpha value is -1.57. The number of amides is 1. The minimum absolute atomic E-state index is 0.0668. The summed E-state index contributed by atoms with van der Waals surface area (Å²) in [5.74, 6) is 0.0769. The summed E-state index contributed by atoms with van der Waals surface area (Å²) in [6, 6.07) is 7.74. The quantitative estimate of drug-likeness (QED) is 0.710. The first-order valence-corrected chi connectivity index (χ1v) is 5.61. The average molecular weight is 217 g/mol. The molecule has 0 aliphatic heterocycles. The van der Waals surface area contributed by atoms with Crippen molar-refractivity contribution in [2.45, 2.75) is 26.8 Å². The number of carbonyl (C=O) groups excluding carboxylic acids is 1. The highest BCUT2D eigenvalue weighted by Gasteiger charge is 2.18. The Balaban J connectivity index is 3.00. The van der Waals surface area contributed by atoms with Crippen LogP contribution in [0.3, 0.4) is 0 Å². The molecule has 1 aromatic carbocycles. The number of hydrogen-bond donors (Lipinski definition) is 0. The van der Waals surface area contributed by atoms with Crippen molar-refractivity contribution in [1.29, 1.82) is 0 Å². The lowest BCUT2D eigenvalue weighted by Crippen LogP contribution is -2.37. The Morgan fingerprint density at radius 1 is 1.50 bits per heavy atom. The molecule has 1 rings (SSSR count). The van der Waals surface area contributed by atoms with E-state index < -0.39 is 0 Å². The van der Waals surface area contributed by atoms with Gasteiger partial charge in [0.1, 0.15) is 0 Å². The van der Waals surface area contributed by atoms with Gasteiger partial charge in [-0.05, 0) is 32.4 Å². The largest absolute Gasteiger partial charge is 0.333 e. The zero-order valence-electron chi connectivity index (χ0n) is 10.2. The fourth-order valence-electron chi connectivity index (χ4n) is 1.71. The molecule has 0 bridgehead atoms. The van der Waals surface area contributed by atoms with Gasteiger partial charge in [0.05, 0.1) is 0 Å². The summed E-state index contributed by atoms with van der Waals surface area (Å²) >= 11 is 0. The third-order valence-electron chi connectivity index (χ3n) is 2.81. The molecule has 0 aliphatic rings. The molecule has 1 unspecified atom stereocenters. The molecular formula is C14H19NO. The first-order chi connectivity index (χ1) is 7.61. The standard InChI is InChI=1S/C14H19NO/c1-5-12(4)15(6-2)14(16)13-10-8-7-9-11(13)3/h5,7-10,12H,1,6H2,2-4H3. The number of benzene rings is 1. The maximum absolute atomic E-state index is 12.3. The molecule has 0 fully saturated rings. The van der Waals surface area contributed by atoms with Crippen molar-refractivity contribution in [3.05, 3.63) is 48.0 Å². The molecule has 1 amide bonds. The number of carbonyl (C=O) groups is 1. The smallest absolute Gasteiger partial charge is 0.254 e. The van der Waals surface area contributed by atoms with Crippen molar-refractivity contribution in [3.63, 3.8) is 0 Å². The Morgan fingerprint density at radius 2 is 2.12 bits per heavy atom. The summed E-state index contributed by atoms with van der Waals surface area (Å²) in [4.78, 5) is 14.1. The van der Waals surface area contributed by atoms with Crippen molar-refractivity contribution in [2.24, 2.45) is 0 Å². The van der Waals surface area contributed by atoms with Crippen LogP contribution in [-0.2, 0) is 0 Å². The third-order valence-corrected chi connectivity index (χ3v) is 2.81. The van der Waals surface area contributed by atoms with Gasteiger partial charge in [-0.1, -0.05) is 24.3 Å². The van der Waals surface area contributed by atoms with Crippen LogP contribution in [0.1, 0.15) is 29.8 Å². The highest BCUT2D eigenvalue weighted by Crippen LogP contribution is 2.12. The molecule has 0 aromatic heterocycles. The second kappa shape index (κ2) is 5.50. The van der Waals surface area contributed by atoms with Crippen LogP contribution in [0, 0.1) is 6.92 Å². The molecule has 0 radical (unpaired) electrons. The third kappa shape index (κ3) is 2.51. The van der Waals surface area contributed by atoms with Gasteiger partial charge < -0.3 is 4.90 Å². The van der Waals surface area contributed by atoms with Gasteiger partial charge in [-0.15, -0.1) is 6.58 Å². The molecule has 1 aromatic rings. The van der Waals surface area contributed by atoms with Gasteiger partial charge in [-0.25, -0.2) is 0 Å². The molecule has 0 aliphatic carbocycles. The van der Waals surface area contributed by atoms with Crippen molar-refractivity contribution in [3.8, 4) is 0 Å². The lowest BCUT2D eigenvalue weighted by atomic mass is 10.1. The van der Waals surface area contributed by atoms with Crippen molar-refractivity contribution in [2.75, 3.05) is 6.54 Å². The SMILES string of the molecule is C=CC(C)N(CC)C(=O)c1ccccc1C. The second-order valence-corrected chi connectivity index (χ2v) is 3.88. The van der Waals surface area contributed by atoms with E-state index in [9.17, 15) is 4.79 Å². The molecular weight excluding hydrogens is 198 g/mol. The number of aryl methyl sites for hydroxylation is 1. The molecule has 2 heteroatoms. The van der Waals surface area contributed by atoms with Crippen molar-refractivity contribution < 1.29 is 4.79 Å². The molecule has 0 spiro atoms. The van der Waals surface area contributed by atoms with E-state index >= 15 is 0 Å². The van der Waals surface area contributed by atoms with Crippen LogP contribution in [-0.4, -0.2) is 23.4 Å². The minimum Gasteiger partial charge on any atom is -0.333 e. The lowest BCUT2D eigenvalue weighted by molar-refractivity contribution is 0.0734. The number of rotatable bonds is 4. The van der Waals surface area contributed by atoms with E-state index in [0.717, 1.165) is 11.1 Å². The molecule has 0 heterocycles. The van der Waals surface area contributed by atoms with E-state index in [1.54, 1.807) is 6.08 Å². The van der Waals surface area contributed by atoms with E-state index in [1.807, 2.05) is 49.9 Å². The maximum atomic E-state index is 12.3. The lowest BCUT2D eigenvalue weighted by Gasteiger charge is -2.26. The number of hydrogen-bond acceptors (Lipinski definition) is 1. The Labute approximate surface area is 97.6 Å². The van der Waals surface area contributed by atoms with E-state index in [2.05, 4.69) is 6.58 Å². The van der Waals surface area contributed by atoms with Gasteiger partial charge in [0, 0.05) is 18.2 Å². The Bertz CT molecular complexity index is 384. The van der Waals surface area contributed by atoms with Gasteiger partial charge in [0.2, 0.25) is 0 Å². The number of likely N-dealkylation sites (N-methyl/N-ethyl adjacent to an activating group) is 1. The van der Waals surface area contributed by atoms with Gasteiger partial charge in [-0.2, -0.15) is 0 Å². The van der Waals surface area contributed by atoms with Crippen LogP contribution in [0.4, 0.5) is 0 Å². The van der Waals surface area contributed by atoms with E-state index in [1.165, 1.54) is 0 Å². The Morgan fingerprint density at radius 3 is 2.62 bits per heavy atom. The summed E-state index contributed by atoms with van der Waals surface area (Å²) in [7, 11) is 0. The van der Waals surface area contributed by atoms with Crippen molar-refractivity contribution in [1.82, 2.24) is 4.90 Å². The van der Waals surface area contributed by atoms with Crippen LogP contribution >= 0.6 is 0 Å². The first kappa shape index (κ1) is 12.5. The highest BCUT2D eigenvalue weighted by atomic mass is 16.2. The van der Waals surface area contributed by atoms with Gasteiger partial charge >= 0.3 is 0 Å². The van der Waals surface area contributed by atoms with Crippen LogP contribution < -0.4 is 0 Å². The average Bonchev–Trinajstić information content (AvgIpc) is 2.30. The van der Waals surface area contributed by atoms with E-state index in [4.69, 9.17) is 0 Å². The van der Waals surface area contributed by atoms with Crippen molar-refractivity contribution >= 4 is 5.91 Å². The highest BCUT2D eigenvalue weighted by molar-refractivity contribution is 5.95. The molecule has 0 N–H and O–H groups in total. The minimum atomic E-state index is 0.0668. The molecule has 0 saturated carbocycles. The first-order valence-electron chi connectivity index (χ1n) is 5.61. The fraction of sp³-hybridized carbons (Fsp3) is 0.357. The fourth-order valence-corrected chi connectivity index (χ4v) is 1.71. The molecule has 1 atom stereocenters. The zero-order chi connectivity index (χ0) is 12.1. The molecule has 2 nitrogen and oxygen atoms in total. The zero-order valence-corrected chi connectivity index (χ0v) is 10.2. The number of nitrogens with zero attached hydrogens (tertiary/aromatic N) is 1.